The van der Waals surface area contributed by atoms with Gasteiger partial charge in [-0.25, -0.2) is 9.18 Å². The van der Waals surface area contributed by atoms with Crippen LogP contribution in [0.3, 0.4) is 0 Å². The van der Waals surface area contributed by atoms with Crippen LogP contribution in [0, 0.1) is 0 Å². The number of halogens is 1. The zero-order valence-corrected chi connectivity index (χ0v) is 12.6. The van der Waals surface area contributed by atoms with Crippen molar-refractivity contribution in [1.82, 2.24) is 9.55 Å². The number of aromatic nitrogens is 2. The second-order valence-corrected chi connectivity index (χ2v) is 5.80. The molecule has 0 radical (unpaired) electrons. The Labute approximate surface area is 127 Å². The first kappa shape index (κ1) is 16.9. The van der Waals surface area contributed by atoms with Gasteiger partial charge in [-0.2, -0.15) is 4.98 Å². The van der Waals surface area contributed by atoms with Crippen LogP contribution in [-0.2, 0) is 4.74 Å². The molecule has 2 rings (SSSR count). The number of anilines is 1. The van der Waals surface area contributed by atoms with Crippen LogP contribution in [0.2, 0.25) is 0 Å². The highest BCUT2D eigenvalue weighted by molar-refractivity contribution is 5.23. The van der Waals surface area contributed by atoms with E-state index >= 15 is 0 Å². The Hall–Kier alpha value is -1.51. The molecule has 0 spiro atoms. The molecule has 1 fully saturated rings. The van der Waals surface area contributed by atoms with Gasteiger partial charge in [0, 0.05) is 6.20 Å². The van der Waals surface area contributed by atoms with Crippen molar-refractivity contribution < 1.29 is 19.3 Å². The summed E-state index contributed by atoms with van der Waals surface area (Å²) in [6, 6.07) is 1.34. The minimum Gasteiger partial charge on any atom is -0.390 e. The van der Waals surface area contributed by atoms with Gasteiger partial charge in [-0.05, 0) is 19.4 Å². The summed E-state index contributed by atoms with van der Waals surface area (Å²) < 4.78 is 21.3. The van der Waals surface area contributed by atoms with Crippen LogP contribution < -0.4 is 11.4 Å². The summed E-state index contributed by atoms with van der Waals surface area (Å²) in [4.78, 5) is 15.4. The van der Waals surface area contributed by atoms with Crippen molar-refractivity contribution in [1.29, 1.82) is 0 Å². The van der Waals surface area contributed by atoms with Gasteiger partial charge in [0.05, 0.1) is 6.10 Å². The highest BCUT2D eigenvalue weighted by atomic mass is 19.1. The zero-order valence-electron chi connectivity index (χ0n) is 12.6. The predicted octanol–water partition coefficient (Wildman–Crippen LogP) is 0.363. The molecular weight excluding hydrogens is 293 g/mol. The molecule has 8 heteroatoms. The molecule has 0 aliphatic carbocycles. The normalized spacial score (nSPS) is 33.0. The van der Waals surface area contributed by atoms with Gasteiger partial charge in [-0.1, -0.05) is 19.8 Å². The number of unbranched alkanes of at least 4 members (excludes halogenated alkanes) is 1. The summed E-state index contributed by atoms with van der Waals surface area (Å²) in [5.74, 6) is 0.0138. The monoisotopic (exact) mass is 315 g/mol. The van der Waals surface area contributed by atoms with Crippen LogP contribution in [-0.4, -0.2) is 43.7 Å². The van der Waals surface area contributed by atoms with Crippen molar-refractivity contribution in [3.8, 4) is 0 Å². The maximum absolute atomic E-state index is 14.9. The molecule has 1 aliphatic rings. The summed E-state index contributed by atoms with van der Waals surface area (Å²) in [5.41, 5.74) is 2.39. The summed E-state index contributed by atoms with van der Waals surface area (Å²) in [7, 11) is 0. The second kappa shape index (κ2) is 6.31. The van der Waals surface area contributed by atoms with Crippen LogP contribution in [0.4, 0.5) is 10.2 Å². The van der Waals surface area contributed by atoms with E-state index in [4.69, 9.17) is 10.5 Å². The first-order valence-electron chi connectivity index (χ1n) is 7.34. The van der Waals surface area contributed by atoms with Gasteiger partial charge in [-0.3, -0.25) is 4.57 Å². The number of nitrogens with two attached hydrogens (primary N) is 1. The van der Waals surface area contributed by atoms with E-state index in [1.165, 1.54) is 12.3 Å². The van der Waals surface area contributed by atoms with Crippen molar-refractivity contribution in [2.45, 2.75) is 63.3 Å². The summed E-state index contributed by atoms with van der Waals surface area (Å²) >= 11 is 0. The molecule has 1 aromatic heterocycles. The van der Waals surface area contributed by atoms with Crippen molar-refractivity contribution in [3.05, 3.63) is 22.7 Å². The molecule has 2 unspecified atom stereocenters. The van der Waals surface area contributed by atoms with E-state index in [1.54, 1.807) is 0 Å². The maximum atomic E-state index is 14.9. The smallest absolute Gasteiger partial charge is 0.351 e. The summed E-state index contributed by atoms with van der Waals surface area (Å²) in [6.45, 7) is 3.10. The van der Waals surface area contributed by atoms with Crippen molar-refractivity contribution in [2.75, 3.05) is 5.73 Å². The number of nitrogen functional groups attached to an aromatic ring is 1. The lowest BCUT2D eigenvalue weighted by atomic mass is 9.94. The molecule has 0 aromatic carbocycles. The van der Waals surface area contributed by atoms with Crippen molar-refractivity contribution in [2.24, 2.45) is 0 Å². The number of hydrogen-bond acceptors (Lipinski definition) is 6. The Morgan fingerprint density at radius 2 is 2.32 bits per heavy atom. The zero-order chi connectivity index (χ0) is 16.5. The fourth-order valence-electron chi connectivity index (χ4n) is 2.64. The minimum absolute atomic E-state index is 0.0138. The molecule has 1 saturated heterocycles. The number of rotatable bonds is 5. The number of alkyl halides is 1. The van der Waals surface area contributed by atoms with E-state index in [9.17, 15) is 19.4 Å². The second-order valence-electron chi connectivity index (χ2n) is 5.80. The molecule has 0 amide bonds. The number of hydrogen-bond donors (Lipinski definition) is 3. The first-order chi connectivity index (χ1) is 10.3. The summed E-state index contributed by atoms with van der Waals surface area (Å²) in [6.07, 6.45) is -1.79. The average Bonchev–Trinajstić information content (AvgIpc) is 2.68. The van der Waals surface area contributed by atoms with Gasteiger partial charge in [0.2, 0.25) is 0 Å². The number of nitrogens with zero attached hydrogens (tertiary/aromatic N) is 2. The Kier molecular flexibility index (Phi) is 4.84. The van der Waals surface area contributed by atoms with Crippen LogP contribution in [0.1, 0.15) is 39.3 Å². The Balaban J connectivity index is 2.28. The standard InChI is InChI=1S/C14H22FN3O4/c1-3-4-5-8(19)10-11(20)14(2,15)12(22-10)18-7-6-9(16)17-13(18)21/h6-8,10-12,19-20H,3-5H2,1-2H3,(H2,16,17,21)/t8?,10?,11-,12-,14-/m1/s1. The molecule has 22 heavy (non-hydrogen) atoms. The lowest BCUT2D eigenvalue weighted by Gasteiger charge is -2.25. The van der Waals surface area contributed by atoms with Crippen LogP contribution >= 0.6 is 0 Å². The third-order valence-electron chi connectivity index (χ3n) is 4.00. The Morgan fingerprint density at radius 3 is 2.91 bits per heavy atom. The van der Waals surface area contributed by atoms with Crippen LogP contribution in [0.25, 0.3) is 0 Å². The third-order valence-corrected chi connectivity index (χ3v) is 4.00. The van der Waals surface area contributed by atoms with E-state index in [1.807, 2.05) is 6.92 Å². The third kappa shape index (κ3) is 2.99. The van der Waals surface area contributed by atoms with Gasteiger partial charge in [0.1, 0.15) is 18.0 Å². The van der Waals surface area contributed by atoms with E-state index in [0.29, 0.717) is 6.42 Å². The Morgan fingerprint density at radius 1 is 1.64 bits per heavy atom. The number of aliphatic hydroxyl groups excluding tert-OH is 2. The van der Waals surface area contributed by atoms with E-state index < -0.39 is 35.9 Å². The van der Waals surface area contributed by atoms with E-state index in [0.717, 1.165) is 24.3 Å². The Bertz CT molecular complexity index is 577. The average molecular weight is 315 g/mol. The highest BCUT2D eigenvalue weighted by Crippen LogP contribution is 2.42. The van der Waals surface area contributed by atoms with Crippen molar-refractivity contribution in [3.63, 3.8) is 0 Å². The highest BCUT2D eigenvalue weighted by Gasteiger charge is 2.56. The van der Waals surface area contributed by atoms with Gasteiger partial charge in [-0.15, -0.1) is 0 Å². The molecule has 7 nitrogen and oxygen atoms in total. The lowest BCUT2D eigenvalue weighted by molar-refractivity contribution is -0.0896. The van der Waals surface area contributed by atoms with Crippen molar-refractivity contribution >= 4 is 5.82 Å². The molecule has 1 aliphatic heterocycles. The van der Waals surface area contributed by atoms with E-state index in [2.05, 4.69) is 4.98 Å². The quantitative estimate of drug-likeness (QED) is 0.724. The van der Waals surface area contributed by atoms with Crippen LogP contribution in [0.5, 0.6) is 0 Å². The molecule has 0 bridgehead atoms. The molecule has 2 heterocycles. The molecule has 124 valence electrons. The molecule has 5 atom stereocenters. The number of ether oxygens (including phenoxy) is 1. The van der Waals surface area contributed by atoms with Gasteiger partial charge >= 0.3 is 5.69 Å². The molecule has 1 aromatic rings. The van der Waals surface area contributed by atoms with Gasteiger partial charge < -0.3 is 20.7 Å². The molecular formula is C14H22FN3O4. The van der Waals surface area contributed by atoms with Gasteiger partial charge in [0.15, 0.2) is 11.9 Å². The fourth-order valence-corrected chi connectivity index (χ4v) is 2.64. The molecule has 4 N–H and O–H groups in total. The fraction of sp³-hybridized carbons (Fsp3) is 0.714. The predicted molar refractivity (Wildman–Crippen MR) is 77.9 cm³/mol. The minimum atomic E-state index is -2.24. The van der Waals surface area contributed by atoms with E-state index in [-0.39, 0.29) is 5.82 Å². The SMILES string of the molecule is CCCCC(O)C1O[C@@H](n2ccc(N)nc2=O)[C@](C)(F)[C@@H]1O. The lowest BCUT2D eigenvalue weighted by Crippen LogP contribution is -2.44. The largest absolute Gasteiger partial charge is 0.390 e. The van der Waals surface area contributed by atoms with Gasteiger partial charge in [0.25, 0.3) is 0 Å². The van der Waals surface area contributed by atoms with Crippen LogP contribution in [0.15, 0.2) is 17.1 Å². The maximum Gasteiger partial charge on any atom is 0.351 e. The number of aliphatic hydroxyl groups is 2. The summed E-state index contributed by atoms with van der Waals surface area (Å²) in [5, 5.41) is 20.2. The molecule has 0 saturated carbocycles. The first-order valence-corrected chi connectivity index (χ1v) is 7.34. The topological polar surface area (TPSA) is 111 Å².